The normalized spacial score (nSPS) is 18.0. The lowest BCUT2D eigenvalue weighted by atomic mass is 10.3. The third-order valence-corrected chi connectivity index (χ3v) is 5.52. The molecule has 0 atom stereocenters. The zero-order valence-corrected chi connectivity index (χ0v) is 9.94. The van der Waals surface area contributed by atoms with Crippen molar-refractivity contribution in [2.24, 2.45) is 0 Å². The van der Waals surface area contributed by atoms with Crippen LogP contribution in [-0.4, -0.2) is 25.7 Å². The number of hydrogen-bond acceptors (Lipinski definition) is 5. The number of nitrogens with one attached hydrogen (secondary N) is 1. The summed E-state index contributed by atoms with van der Waals surface area (Å²) in [5.41, 5.74) is -0.671. The van der Waals surface area contributed by atoms with Crippen molar-refractivity contribution in [1.29, 1.82) is 5.26 Å². The molecule has 7 heteroatoms. The van der Waals surface area contributed by atoms with Gasteiger partial charge in [0.25, 0.3) is 10.0 Å². The van der Waals surface area contributed by atoms with Gasteiger partial charge in [-0.05, 0) is 25.0 Å². The minimum absolute atomic E-state index is 0.115. The molecule has 1 aromatic heterocycles. The maximum Gasteiger partial charge on any atom is 0.250 e. The Morgan fingerprint density at radius 3 is 2.69 bits per heavy atom. The largest absolute Gasteiger partial charge is 0.394 e. The van der Waals surface area contributed by atoms with E-state index in [0.29, 0.717) is 17.7 Å². The van der Waals surface area contributed by atoms with Crippen LogP contribution in [0.2, 0.25) is 0 Å². The van der Waals surface area contributed by atoms with Crippen molar-refractivity contribution >= 4 is 21.4 Å². The van der Waals surface area contributed by atoms with E-state index in [1.165, 1.54) is 12.1 Å². The summed E-state index contributed by atoms with van der Waals surface area (Å²) < 4.78 is 26.3. The Morgan fingerprint density at radius 2 is 2.25 bits per heavy atom. The number of aliphatic hydroxyl groups is 1. The fourth-order valence-electron chi connectivity index (χ4n) is 1.30. The number of rotatable bonds is 4. The first-order valence-corrected chi connectivity index (χ1v) is 6.96. The minimum Gasteiger partial charge on any atom is -0.394 e. The van der Waals surface area contributed by atoms with Crippen LogP contribution < -0.4 is 4.72 Å². The molecule has 1 heterocycles. The first-order chi connectivity index (χ1) is 7.51. The topological polar surface area (TPSA) is 90.2 Å². The Bertz CT molecular complexity index is 537. The molecule has 0 bridgehead atoms. The molecule has 86 valence electrons. The maximum atomic E-state index is 11.9. The second-order valence-electron chi connectivity index (χ2n) is 3.77. The molecular formula is C9H10N2O3S2. The van der Waals surface area contributed by atoms with Gasteiger partial charge in [-0.2, -0.15) is 5.26 Å². The van der Waals surface area contributed by atoms with Gasteiger partial charge in [-0.15, -0.1) is 11.3 Å². The highest BCUT2D eigenvalue weighted by molar-refractivity contribution is 7.91. The molecule has 1 fully saturated rings. The van der Waals surface area contributed by atoms with Crippen LogP contribution in [0.5, 0.6) is 0 Å². The van der Waals surface area contributed by atoms with Crippen LogP contribution in [0.1, 0.15) is 17.7 Å². The maximum absolute atomic E-state index is 11.9. The molecule has 0 aliphatic heterocycles. The molecule has 1 aromatic rings. The van der Waals surface area contributed by atoms with Gasteiger partial charge in [-0.25, -0.2) is 13.1 Å². The quantitative estimate of drug-likeness (QED) is 0.819. The molecule has 2 rings (SSSR count). The smallest absolute Gasteiger partial charge is 0.250 e. The summed E-state index contributed by atoms with van der Waals surface area (Å²) in [6.07, 6.45) is 1.30. The Morgan fingerprint density at radius 1 is 1.56 bits per heavy atom. The van der Waals surface area contributed by atoms with Crippen molar-refractivity contribution in [3.05, 3.63) is 17.0 Å². The molecule has 0 radical (unpaired) electrons. The van der Waals surface area contributed by atoms with E-state index < -0.39 is 15.6 Å². The van der Waals surface area contributed by atoms with E-state index in [0.717, 1.165) is 11.3 Å². The summed E-state index contributed by atoms with van der Waals surface area (Å²) in [6, 6.07) is 4.76. The van der Waals surface area contributed by atoms with Crippen molar-refractivity contribution in [3.63, 3.8) is 0 Å². The van der Waals surface area contributed by atoms with Gasteiger partial charge in [0.2, 0.25) is 0 Å². The predicted octanol–water partition coefficient (Wildman–Crippen LogP) is 0.423. The summed E-state index contributed by atoms with van der Waals surface area (Å²) in [6.45, 7) is -0.192. The van der Waals surface area contributed by atoms with Gasteiger partial charge in [-0.1, -0.05) is 0 Å². The van der Waals surface area contributed by atoms with Gasteiger partial charge in [-0.3, -0.25) is 0 Å². The average molecular weight is 258 g/mol. The fourth-order valence-corrected chi connectivity index (χ4v) is 3.86. The SMILES string of the molecule is N#Cc1ccc(S(=O)(=O)NC2(CO)CC2)s1. The molecule has 1 saturated carbocycles. The highest BCUT2D eigenvalue weighted by Gasteiger charge is 2.45. The number of hydrogen-bond donors (Lipinski definition) is 2. The molecule has 0 spiro atoms. The monoisotopic (exact) mass is 258 g/mol. The second kappa shape index (κ2) is 3.82. The number of nitrogens with zero attached hydrogens (tertiary/aromatic N) is 1. The van der Waals surface area contributed by atoms with E-state index in [4.69, 9.17) is 10.4 Å². The Labute approximate surface area is 97.4 Å². The highest BCUT2D eigenvalue weighted by atomic mass is 32.2. The van der Waals surface area contributed by atoms with Gasteiger partial charge in [0.05, 0.1) is 12.1 Å². The summed E-state index contributed by atoms with van der Waals surface area (Å²) in [7, 11) is -3.60. The van der Waals surface area contributed by atoms with Crippen molar-refractivity contribution in [2.75, 3.05) is 6.61 Å². The minimum atomic E-state index is -3.60. The standard InChI is InChI=1S/C9H10N2O3S2/c10-5-7-1-2-8(15-7)16(13,14)11-9(6-12)3-4-9/h1-2,11-12H,3-4,6H2. The molecule has 0 saturated heterocycles. The average Bonchev–Trinajstić information content (AvgIpc) is 2.82. The molecule has 0 amide bonds. The molecule has 2 N–H and O–H groups in total. The lowest BCUT2D eigenvalue weighted by Crippen LogP contribution is -2.39. The summed E-state index contributed by atoms with van der Waals surface area (Å²) in [4.78, 5) is 0.356. The van der Waals surface area contributed by atoms with Gasteiger partial charge < -0.3 is 5.11 Å². The Kier molecular flexibility index (Phi) is 2.75. The van der Waals surface area contributed by atoms with Crippen molar-refractivity contribution in [3.8, 4) is 6.07 Å². The third-order valence-electron chi connectivity index (χ3n) is 2.46. The van der Waals surface area contributed by atoms with Crippen molar-refractivity contribution in [2.45, 2.75) is 22.6 Å². The second-order valence-corrected chi connectivity index (χ2v) is 6.77. The van der Waals surface area contributed by atoms with Crippen molar-refractivity contribution < 1.29 is 13.5 Å². The van der Waals surface area contributed by atoms with Crippen LogP contribution in [0.25, 0.3) is 0 Å². The van der Waals surface area contributed by atoms with E-state index in [1.54, 1.807) is 0 Å². The van der Waals surface area contributed by atoms with Crippen molar-refractivity contribution in [1.82, 2.24) is 4.72 Å². The molecule has 16 heavy (non-hydrogen) atoms. The predicted molar refractivity (Wildman–Crippen MR) is 58.4 cm³/mol. The van der Waals surface area contributed by atoms with Crippen LogP contribution in [0.4, 0.5) is 0 Å². The van der Waals surface area contributed by atoms with Crippen LogP contribution in [0, 0.1) is 11.3 Å². The van der Waals surface area contributed by atoms with E-state index in [9.17, 15) is 8.42 Å². The molecule has 1 aliphatic carbocycles. The number of aliphatic hydroxyl groups excluding tert-OH is 1. The molecule has 1 aliphatic rings. The van der Waals surface area contributed by atoms with Gasteiger partial charge in [0.1, 0.15) is 15.2 Å². The first kappa shape index (κ1) is 11.5. The first-order valence-electron chi connectivity index (χ1n) is 4.66. The summed E-state index contributed by atoms with van der Waals surface area (Å²) in [5.74, 6) is 0. The van der Waals surface area contributed by atoms with E-state index in [1.807, 2.05) is 6.07 Å². The molecular weight excluding hydrogens is 248 g/mol. The van der Waals surface area contributed by atoms with Gasteiger partial charge in [0.15, 0.2) is 0 Å². The van der Waals surface area contributed by atoms with Gasteiger partial charge >= 0.3 is 0 Å². The van der Waals surface area contributed by atoms with Crippen LogP contribution in [-0.2, 0) is 10.0 Å². The number of sulfonamides is 1. The third kappa shape index (κ3) is 2.10. The highest BCUT2D eigenvalue weighted by Crippen LogP contribution is 2.36. The van der Waals surface area contributed by atoms with Crippen LogP contribution >= 0.6 is 11.3 Å². The lowest BCUT2D eigenvalue weighted by molar-refractivity contribution is 0.246. The summed E-state index contributed by atoms with van der Waals surface area (Å²) in [5, 5.41) is 17.7. The van der Waals surface area contributed by atoms with Crippen LogP contribution in [0.3, 0.4) is 0 Å². The van der Waals surface area contributed by atoms with E-state index >= 15 is 0 Å². The zero-order valence-electron chi connectivity index (χ0n) is 8.30. The number of thiophene rings is 1. The van der Waals surface area contributed by atoms with Crippen LogP contribution in [0.15, 0.2) is 16.3 Å². The number of nitriles is 1. The Balaban J connectivity index is 2.23. The molecule has 0 aromatic carbocycles. The summed E-state index contributed by atoms with van der Waals surface area (Å²) >= 11 is 0.926. The molecule has 5 nitrogen and oxygen atoms in total. The Hall–Kier alpha value is -0.940. The molecule has 0 unspecified atom stereocenters. The van der Waals surface area contributed by atoms with E-state index in [2.05, 4.69) is 4.72 Å². The lowest BCUT2D eigenvalue weighted by Gasteiger charge is -2.13. The fraction of sp³-hybridized carbons (Fsp3) is 0.444. The van der Waals surface area contributed by atoms with E-state index in [-0.39, 0.29) is 10.8 Å². The van der Waals surface area contributed by atoms with Gasteiger partial charge in [0, 0.05) is 0 Å². The zero-order chi connectivity index (χ0) is 11.8.